The van der Waals surface area contributed by atoms with Gasteiger partial charge in [-0.3, -0.25) is 47.9 Å². The number of aliphatic carboxylic acids is 3. The van der Waals surface area contributed by atoms with E-state index in [0.29, 0.717) is 12.0 Å². The molecule has 0 aromatic heterocycles. The normalized spacial score (nSPS) is 17.3. The predicted molar refractivity (Wildman–Crippen MR) is 195 cm³/mol. The van der Waals surface area contributed by atoms with Crippen molar-refractivity contribution in [3.05, 3.63) is 29.8 Å². The molecule has 7 amide bonds. The number of primary amides is 1. The predicted octanol–water partition coefficient (Wildman–Crippen LogP) is -3.35. The number of rotatable bonds is 22. The van der Waals surface area contributed by atoms with Crippen molar-refractivity contribution >= 4 is 59.3 Å². The molecule has 314 valence electrons. The van der Waals surface area contributed by atoms with Crippen LogP contribution in [0.25, 0.3) is 0 Å². The number of nitrogens with zero attached hydrogens (tertiary/aromatic N) is 1. The van der Waals surface area contributed by atoms with E-state index in [1.54, 1.807) is 13.8 Å². The maximum atomic E-state index is 13.9. The van der Waals surface area contributed by atoms with E-state index in [1.807, 2.05) is 0 Å². The number of carboxylic acids is 3. The number of carbonyl (C=O) groups is 10. The number of nitrogens with one attached hydrogen (secondary N) is 5. The molecule has 0 saturated carbocycles. The highest BCUT2D eigenvalue weighted by atomic mass is 16.4. The van der Waals surface area contributed by atoms with Gasteiger partial charge in [0.05, 0.1) is 25.3 Å². The molecule has 1 aliphatic heterocycles. The van der Waals surface area contributed by atoms with Gasteiger partial charge in [0.25, 0.3) is 0 Å². The third-order valence-electron chi connectivity index (χ3n) is 9.13. The number of hydrogen-bond donors (Lipinski definition) is 11. The minimum Gasteiger partial charge on any atom is -0.508 e. The summed E-state index contributed by atoms with van der Waals surface area (Å²) in [5.41, 5.74) is 11.9. The van der Waals surface area contributed by atoms with Crippen molar-refractivity contribution in [3.63, 3.8) is 0 Å². The van der Waals surface area contributed by atoms with Crippen molar-refractivity contribution in [2.75, 3.05) is 6.54 Å². The SMILES string of the molecule is CC[C@H](C)[C@H](NC(=O)[C@@H]1CCCN1C(=O)[C@H](CC(N)=O)NC(=O)[C@H](CC(=O)O)NC(=O)[C@@H](N)Cc1ccc(O)cc1)C(=O)N[C@@H](CC(=O)O)C(=O)N[C@@H](C)C(=O)O. The van der Waals surface area contributed by atoms with Crippen LogP contribution in [0.15, 0.2) is 24.3 Å². The summed E-state index contributed by atoms with van der Waals surface area (Å²) >= 11 is 0. The van der Waals surface area contributed by atoms with E-state index < -0.39 is 127 Å². The van der Waals surface area contributed by atoms with E-state index in [-0.39, 0.29) is 31.6 Å². The lowest BCUT2D eigenvalue weighted by molar-refractivity contribution is -0.144. The number of hydrogen-bond acceptors (Lipinski definition) is 12. The monoisotopic (exact) mass is 806 g/mol. The molecule has 1 aromatic rings. The van der Waals surface area contributed by atoms with Crippen molar-refractivity contribution < 1.29 is 68.4 Å². The van der Waals surface area contributed by atoms with Gasteiger partial charge in [0, 0.05) is 6.54 Å². The molecule has 8 atom stereocenters. The van der Waals surface area contributed by atoms with Crippen LogP contribution in [0.2, 0.25) is 0 Å². The molecule has 13 N–H and O–H groups in total. The lowest BCUT2D eigenvalue weighted by Crippen LogP contribution is -2.61. The maximum Gasteiger partial charge on any atom is 0.325 e. The summed E-state index contributed by atoms with van der Waals surface area (Å²) < 4.78 is 0. The Morgan fingerprint density at radius 1 is 0.754 bits per heavy atom. The number of nitrogens with two attached hydrogens (primary N) is 2. The molecule has 22 heteroatoms. The van der Waals surface area contributed by atoms with E-state index in [0.717, 1.165) is 11.8 Å². The van der Waals surface area contributed by atoms with Crippen LogP contribution < -0.4 is 38.1 Å². The molecule has 0 bridgehead atoms. The maximum absolute atomic E-state index is 13.9. The van der Waals surface area contributed by atoms with E-state index >= 15 is 0 Å². The number of amides is 7. The highest BCUT2D eigenvalue weighted by Crippen LogP contribution is 2.21. The number of benzene rings is 1. The minimum atomic E-state index is -1.78. The van der Waals surface area contributed by atoms with Gasteiger partial charge in [0.15, 0.2) is 0 Å². The molecule has 22 nitrogen and oxygen atoms in total. The number of aromatic hydroxyl groups is 1. The molecule has 1 aromatic carbocycles. The Kier molecular flexibility index (Phi) is 17.8. The van der Waals surface area contributed by atoms with Crippen molar-refractivity contribution in [1.82, 2.24) is 31.5 Å². The van der Waals surface area contributed by atoms with E-state index in [4.69, 9.17) is 16.6 Å². The first-order chi connectivity index (χ1) is 26.6. The van der Waals surface area contributed by atoms with Gasteiger partial charge in [-0.15, -0.1) is 0 Å². The van der Waals surface area contributed by atoms with Crippen molar-refractivity contribution in [1.29, 1.82) is 0 Å². The second kappa shape index (κ2) is 21.7. The van der Waals surface area contributed by atoms with Crippen molar-refractivity contribution in [2.45, 2.75) is 108 Å². The summed E-state index contributed by atoms with van der Waals surface area (Å²) in [4.78, 5) is 127. The number of likely N-dealkylation sites (tertiary alicyclic amines) is 1. The first-order valence-corrected chi connectivity index (χ1v) is 18.0. The minimum absolute atomic E-state index is 0.0315. The van der Waals surface area contributed by atoms with Crippen LogP contribution in [-0.2, 0) is 54.4 Å². The van der Waals surface area contributed by atoms with Crippen LogP contribution in [0, 0.1) is 5.92 Å². The first kappa shape index (κ1) is 46.8. The molecule has 0 spiro atoms. The van der Waals surface area contributed by atoms with Crippen LogP contribution in [0.1, 0.15) is 64.9 Å². The van der Waals surface area contributed by atoms with Gasteiger partial charge >= 0.3 is 17.9 Å². The number of carboxylic acid groups (broad SMARTS) is 3. The third kappa shape index (κ3) is 14.7. The zero-order chi connectivity index (χ0) is 43.1. The topological polar surface area (TPSA) is 367 Å². The molecule has 2 rings (SSSR count). The molecule has 1 aliphatic rings. The molecule has 1 fully saturated rings. The molecule has 1 saturated heterocycles. The molecule has 0 radical (unpaired) electrons. The van der Waals surface area contributed by atoms with Crippen molar-refractivity contribution in [3.8, 4) is 5.75 Å². The van der Waals surface area contributed by atoms with E-state index in [2.05, 4.69) is 26.6 Å². The molecule has 0 unspecified atom stereocenters. The van der Waals surface area contributed by atoms with Crippen LogP contribution >= 0.6 is 0 Å². The van der Waals surface area contributed by atoms with Crippen LogP contribution in [0.4, 0.5) is 0 Å². The summed E-state index contributed by atoms with van der Waals surface area (Å²) in [7, 11) is 0. The lowest BCUT2D eigenvalue weighted by Gasteiger charge is -2.31. The standard InChI is InChI=1S/C35H50N8O14/c1-4-16(2)28(33(54)40-21(14-26(46)47)30(51)38-17(3)35(56)57)42-32(53)24-6-5-11-43(24)34(55)23(13-25(37)45)41-31(52)22(15-27(48)49)39-29(50)20(36)12-18-7-9-19(44)10-8-18/h7-10,16-17,20-24,28,44H,4-6,11-15,36H2,1-3H3,(H2,37,45)(H,38,51)(H,39,50)(H,40,54)(H,41,52)(H,42,53)(H,46,47)(H,48,49)(H,56,57)/t16-,17-,20-,21-,22-,23-,24-,28-/m0/s1. The average Bonchev–Trinajstić information content (AvgIpc) is 3.62. The second-order valence-electron chi connectivity index (χ2n) is 13.7. The molecular formula is C35H50N8O14. The number of phenols is 1. The summed E-state index contributed by atoms with van der Waals surface area (Å²) in [5, 5.41) is 48.7. The van der Waals surface area contributed by atoms with Crippen molar-refractivity contribution in [2.24, 2.45) is 17.4 Å². The summed E-state index contributed by atoms with van der Waals surface area (Å²) in [6, 6.07) is -4.87. The first-order valence-electron chi connectivity index (χ1n) is 18.0. The fraction of sp³-hybridized carbons (Fsp3) is 0.543. The average molecular weight is 807 g/mol. The van der Waals surface area contributed by atoms with E-state index in [1.165, 1.54) is 24.3 Å². The Morgan fingerprint density at radius 3 is 1.79 bits per heavy atom. The van der Waals surface area contributed by atoms with Gasteiger partial charge in [-0.1, -0.05) is 32.4 Å². The Balaban J connectivity index is 2.27. The summed E-state index contributed by atoms with van der Waals surface area (Å²) in [6.45, 7) is 4.32. The van der Waals surface area contributed by atoms with Gasteiger partial charge in [-0.2, -0.15) is 0 Å². The summed E-state index contributed by atoms with van der Waals surface area (Å²) in [6.07, 6.45) is -2.14. The second-order valence-corrected chi connectivity index (χ2v) is 13.7. The largest absolute Gasteiger partial charge is 0.508 e. The molecule has 57 heavy (non-hydrogen) atoms. The number of phenolic OH excluding ortho intramolecular Hbond substituents is 1. The zero-order valence-corrected chi connectivity index (χ0v) is 31.6. The Morgan fingerprint density at radius 2 is 1.28 bits per heavy atom. The summed E-state index contributed by atoms with van der Waals surface area (Å²) in [5.74, 6) is -12.2. The highest BCUT2D eigenvalue weighted by Gasteiger charge is 2.41. The quantitative estimate of drug-likeness (QED) is 0.0545. The molecular weight excluding hydrogens is 756 g/mol. The van der Waals surface area contributed by atoms with Gasteiger partial charge < -0.3 is 63.4 Å². The van der Waals surface area contributed by atoms with Gasteiger partial charge in [0.1, 0.15) is 42.0 Å². The molecule has 0 aliphatic carbocycles. The Hall–Kier alpha value is -6.32. The fourth-order valence-electron chi connectivity index (χ4n) is 5.79. The molecule has 1 heterocycles. The number of carbonyl (C=O) groups excluding carboxylic acids is 7. The third-order valence-corrected chi connectivity index (χ3v) is 9.13. The van der Waals surface area contributed by atoms with Gasteiger partial charge in [-0.05, 0) is 49.8 Å². The fourth-order valence-corrected chi connectivity index (χ4v) is 5.79. The Labute approximate surface area is 326 Å². The highest BCUT2D eigenvalue weighted by molar-refractivity contribution is 5.99. The van der Waals surface area contributed by atoms with E-state index in [9.17, 15) is 63.3 Å². The van der Waals surface area contributed by atoms with Gasteiger partial charge in [-0.25, -0.2) is 0 Å². The lowest BCUT2D eigenvalue weighted by atomic mass is 9.97. The van der Waals surface area contributed by atoms with Crippen LogP contribution in [0.3, 0.4) is 0 Å². The van der Waals surface area contributed by atoms with Gasteiger partial charge in [0.2, 0.25) is 41.4 Å². The van der Waals surface area contributed by atoms with Crippen LogP contribution in [0.5, 0.6) is 5.75 Å². The zero-order valence-electron chi connectivity index (χ0n) is 31.6. The smallest absolute Gasteiger partial charge is 0.325 e. The van der Waals surface area contributed by atoms with Crippen LogP contribution in [-0.4, -0.2) is 133 Å². The Bertz CT molecular complexity index is 1690.